The number of carboxylic acid groups (broad SMARTS) is 2. The molecule has 0 saturated carbocycles. The zero-order valence-corrected chi connectivity index (χ0v) is 21.1. The van der Waals surface area contributed by atoms with Crippen LogP contribution in [-0.4, -0.2) is 36.9 Å². The lowest BCUT2D eigenvalue weighted by molar-refractivity contribution is -0.156. The van der Waals surface area contributed by atoms with Gasteiger partial charge in [0.05, 0.1) is 11.4 Å². The van der Waals surface area contributed by atoms with Crippen LogP contribution in [0.15, 0.2) is 89.0 Å². The first-order valence-corrected chi connectivity index (χ1v) is 12.5. The van der Waals surface area contributed by atoms with Crippen LogP contribution in [-0.2, 0) is 28.2 Å². The number of rotatable bonds is 10. The van der Waals surface area contributed by atoms with Crippen LogP contribution in [0, 0.1) is 0 Å². The molecule has 0 saturated heterocycles. The summed E-state index contributed by atoms with van der Waals surface area (Å²) in [6, 6.07) is 20.6. The second-order valence-corrected chi connectivity index (χ2v) is 9.69. The number of benzene rings is 2. The van der Waals surface area contributed by atoms with Crippen molar-refractivity contribution in [2.45, 2.75) is 25.5 Å². The number of hydrogen-bond acceptors (Lipinski definition) is 7. The van der Waals surface area contributed by atoms with Crippen LogP contribution in [0.25, 0.3) is 22.0 Å². The van der Waals surface area contributed by atoms with Crippen molar-refractivity contribution < 1.29 is 29.0 Å². The van der Waals surface area contributed by atoms with E-state index in [-0.39, 0.29) is 12.2 Å². The van der Waals surface area contributed by atoms with Crippen molar-refractivity contribution in [3.8, 4) is 27.8 Å². The molecule has 192 valence electrons. The minimum absolute atomic E-state index is 0.127. The molecule has 9 nitrogen and oxygen atoms in total. The van der Waals surface area contributed by atoms with E-state index in [0.29, 0.717) is 34.4 Å². The van der Waals surface area contributed by atoms with Crippen LogP contribution in [0.5, 0.6) is 5.75 Å². The van der Waals surface area contributed by atoms with Crippen molar-refractivity contribution in [2.75, 3.05) is 0 Å². The maximum absolute atomic E-state index is 12.0. The zero-order chi connectivity index (χ0) is 26.7. The molecule has 3 aromatic heterocycles. The number of carboxylic acids is 2. The standard InChI is InChI=1S/C28H23N3O6S/c1-28(26(32)33,27(34)35)22-15-31(30-24(22)23-8-5-13-38-23)14-18-9-11-21(12-10-18)36-16-20-17-37-25(29-20)19-6-3-2-4-7-19/h2-13,15,17H,14,16H2,1H3,(H,32,33)(H,34,35). The fraction of sp³-hybridized carbons (Fsp3) is 0.143. The number of nitrogens with zero attached hydrogens (tertiary/aromatic N) is 3. The van der Waals surface area contributed by atoms with E-state index >= 15 is 0 Å². The van der Waals surface area contributed by atoms with Gasteiger partial charge >= 0.3 is 11.9 Å². The maximum Gasteiger partial charge on any atom is 0.325 e. The molecule has 10 heteroatoms. The number of oxazole rings is 1. The van der Waals surface area contributed by atoms with E-state index in [0.717, 1.165) is 11.1 Å². The Labute approximate surface area is 221 Å². The molecule has 3 heterocycles. The van der Waals surface area contributed by atoms with E-state index in [1.807, 2.05) is 66.0 Å². The zero-order valence-electron chi connectivity index (χ0n) is 20.3. The number of thiophene rings is 1. The van der Waals surface area contributed by atoms with Gasteiger partial charge < -0.3 is 19.4 Å². The Hall–Kier alpha value is -4.70. The van der Waals surface area contributed by atoms with Gasteiger partial charge in [-0.25, -0.2) is 4.98 Å². The van der Waals surface area contributed by atoms with Crippen LogP contribution in [0.4, 0.5) is 0 Å². The van der Waals surface area contributed by atoms with Crippen molar-refractivity contribution >= 4 is 23.3 Å². The van der Waals surface area contributed by atoms with Crippen molar-refractivity contribution in [1.29, 1.82) is 0 Å². The third-order valence-corrected chi connectivity index (χ3v) is 7.01. The topological polar surface area (TPSA) is 128 Å². The van der Waals surface area contributed by atoms with E-state index in [4.69, 9.17) is 9.15 Å². The largest absolute Gasteiger partial charge is 0.487 e. The van der Waals surface area contributed by atoms with Gasteiger partial charge in [0.25, 0.3) is 0 Å². The third-order valence-electron chi connectivity index (χ3n) is 6.14. The second kappa shape index (κ2) is 10.3. The molecule has 0 aliphatic carbocycles. The minimum Gasteiger partial charge on any atom is -0.487 e. The number of ether oxygens (including phenoxy) is 1. The number of aromatic nitrogens is 3. The summed E-state index contributed by atoms with van der Waals surface area (Å²) >= 11 is 1.37. The van der Waals surface area contributed by atoms with Gasteiger partial charge in [0.2, 0.25) is 5.89 Å². The number of carbonyl (C=O) groups is 2. The Morgan fingerprint density at radius 2 is 1.76 bits per heavy atom. The van der Waals surface area contributed by atoms with E-state index in [9.17, 15) is 19.8 Å². The highest BCUT2D eigenvalue weighted by molar-refractivity contribution is 7.13. The highest BCUT2D eigenvalue weighted by Crippen LogP contribution is 2.35. The fourth-order valence-electron chi connectivity index (χ4n) is 3.91. The monoisotopic (exact) mass is 529 g/mol. The molecule has 0 radical (unpaired) electrons. The Kier molecular flexibility index (Phi) is 6.80. The maximum atomic E-state index is 12.0. The van der Waals surface area contributed by atoms with Crippen molar-refractivity contribution in [2.24, 2.45) is 0 Å². The normalized spacial score (nSPS) is 11.4. The lowest BCUT2D eigenvalue weighted by atomic mass is 9.82. The van der Waals surface area contributed by atoms with Crippen LogP contribution >= 0.6 is 11.3 Å². The summed E-state index contributed by atoms with van der Waals surface area (Å²) in [5, 5.41) is 25.9. The molecule has 2 N–H and O–H groups in total. The average molecular weight is 530 g/mol. The molecule has 0 aliphatic heterocycles. The number of hydrogen-bond donors (Lipinski definition) is 2. The first-order chi connectivity index (χ1) is 18.3. The second-order valence-electron chi connectivity index (χ2n) is 8.74. The van der Waals surface area contributed by atoms with Gasteiger partial charge in [-0.1, -0.05) is 36.4 Å². The molecule has 0 bridgehead atoms. The quantitative estimate of drug-likeness (QED) is 0.233. The predicted octanol–water partition coefficient (Wildman–Crippen LogP) is 5.32. The highest BCUT2D eigenvalue weighted by atomic mass is 32.1. The summed E-state index contributed by atoms with van der Waals surface area (Å²) < 4.78 is 12.9. The lowest BCUT2D eigenvalue weighted by Gasteiger charge is -2.19. The number of aliphatic carboxylic acids is 2. The first kappa shape index (κ1) is 25.0. The predicted molar refractivity (Wildman–Crippen MR) is 140 cm³/mol. The molecular weight excluding hydrogens is 506 g/mol. The molecule has 0 aliphatic rings. The average Bonchev–Trinajstić information content (AvgIpc) is 3.69. The van der Waals surface area contributed by atoms with Crippen LogP contribution < -0.4 is 4.74 Å². The summed E-state index contributed by atoms with van der Waals surface area (Å²) in [7, 11) is 0. The van der Waals surface area contributed by atoms with E-state index in [1.165, 1.54) is 24.5 Å². The van der Waals surface area contributed by atoms with E-state index in [1.54, 1.807) is 17.0 Å². The van der Waals surface area contributed by atoms with Gasteiger partial charge in [0.15, 0.2) is 5.41 Å². The fourth-order valence-corrected chi connectivity index (χ4v) is 4.63. The molecule has 0 unspecified atom stereocenters. The molecule has 0 spiro atoms. The van der Waals surface area contributed by atoms with Crippen LogP contribution in [0.1, 0.15) is 23.7 Å². The smallest absolute Gasteiger partial charge is 0.325 e. The summed E-state index contributed by atoms with van der Waals surface area (Å²) in [6.45, 7) is 1.74. The summed E-state index contributed by atoms with van der Waals surface area (Å²) in [4.78, 5) is 29.1. The summed E-state index contributed by atoms with van der Waals surface area (Å²) in [6.07, 6.45) is 3.07. The Bertz CT molecular complexity index is 1540. The molecule has 0 atom stereocenters. The molecule has 5 aromatic rings. The van der Waals surface area contributed by atoms with Gasteiger partial charge in [-0.15, -0.1) is 11.3 Å². The molecule has 0 amide bonds. The van der Waals surface area contributed by atoms with Crippen molar-refractivity contribution in [3.05, 3.63) is 101 Å². The van der Waals surface area contributed by atoms with Gasteiger partial charge in [-0.05, 0) is 48.2 Å². The molecule has 0 fully saturated rings. The van der Waals surface area contributed by atoms with Crippen molar-refractivity contribution in [3.63, 3.8) is 0 Å². The minimum atomic E-state index is -2.14. The lowest BCUT2D eigenvalue weighted by Crippen LogP contribution is -2.40. The van der Waals surface area contributed by atoms with E-state index < -0.39 is 17.4 Å². The van der Waals surface area contributed by atoms with Gasteiger partial charge in [0.1, 0.15) is 30.0 Å². The molecule has 2 aromatic carbocycles. The van der Waals surface area contributed by atoms with Crippen molar-refractivity contribution in [1.82, 2.24) is 14.8 Å². The van der Waals surface area contributed by atoms with Gasteiger partial charge in [0, 0.05) is 17.3 Å². The van der Waals surface area contributed by atoms with Crippen LogP contribution in [0.2, 0.25) is 0 Å². The summed E-state index contributed by atoms with van der Waals surface area (Å²) in [5.74, 6) is -1.73. The molecule has 38 heavy (non-hydrogen) atoms. The Morgan fingerprint density at radius 3 is 2.42 bits per heavy atom. The highest BCUT2D eigenvalue weighted by Gasteiger charge is 2.46. The third kappa shape index (κ3) is 4.94. The Morgan fingerprint density at radius 1 is 1.03 bits per heavy atom. The first-order valence-electron chi connectivity index (χ1n) is 11.6. The molecule has 5 rings (SSSR count). The van der Waals surface area contributed by atoms with E-state index in [2.05, 4.69) is 10.1 Å². The SMILES string of the molecule is CC(C(=O)O)(C(=O)O)c1cn(Cc2ccc(OCc3coc(-c4ccccc4)n3)cc2)nc1-c1cccs1. The van der Waals surface area contributed by atoms with Crippen LogP contribution in [0.3, 0.4) is 0 Å². The van der Waals surface area contributed by atoms with Gasteiger partial charge in [-0.3, -0.25) is 14.3 Å². The Balaban J connectivity index is 1.30. The molecular formula is C28H23N3O6S. The van der Waals surface area contributed by atoms with Gasteiger partial charge in [-0.2, -0.15) is 5.10 Å². The summed E-state index contributed by atoms with van der Waals surface area (Å²) in [5.41, 5.74) is 0.759.